The molecule has 0 amide bonds. The quantitative estimate of drug-likeness (QED) is 0.310. The molecule has 0 saturated heterocycles. The first-order valence-electron chi connectivity index (χ1n) is 9.38. The standard InChI is InChI=1S/C21H30O3.H3OP/c1-13(2)12-24-21(23)19(17-8-6-7-9-17)20(22)18-15(4)10-14(3)11-16(18)5;1-2/h10-11,13,17,19H,6-9,12H2,1-5H3;2H3. The first kappa shape index (κ1) is 22.6. The van der Waals surface area contributed by atoms with Crippen molar-refractivity contribution < 1.29 is 18.9 Å². The van der Waals surface area contributed by atoms with Crippen LogP contribution in [0.3, 0.4) is 0 Å². The van der Waals surface area contributed by atoms with Crippen molar-refractivity contribution in [2.24, 2.45) is 17.8 Å². The fraction of sp³-hybridized carbons (Fsp3) is 0.619. The van der Waals surface area contributed by atoms with Gasteiger partial charge in [0.15, 0.2) is 5.78 Å². The maximum Gasteiger partial charge on any atom is 0.317 e. The molecule has 0 aliphatic heterocycles. The topological polar surface area (TPSA) is 60.4 Å². The number of aryl methyl sites for hydroxylation is 3. The monoisotopic (exact) mass is 380 g/mol. The molecule has 0 aromatic heterocycles. The number of esters is 1. The van der Waals surface area contributed by atoms with Gasteiger partial charge >= 0.3 is 5.97 Å². The molecule has 26 heavy (non-hydrogen) atoms. The number of benzene rings is 1. The van der Waals surface area contributed by atoms with E-state index in [2.05, 4.69) is 0 Å². The Balaban J connectivity index is 0.00000163. The summed E-state index contributed by atoms with van der Waals surface area (Å²) in [5.41, 5.74) is 3.76. The lowest BCUT2D eigenvalue weighted by Crippen LogP contribution is -2.33. The summed E-state index contributed by atoms with van der Waals surface area (Å²) in [5.74, 6) is -0.634. The molecule has 4 nitrogen and oxygen atoms in total. The summed E-state index contributed by atoms with van der Waals surface area (Å²) < 4.78 is 13.7. The van der Waals surface area contributed by atoms with Gasteiger partial charge in [-0.2, -0.15) is 0 Å². The summed E-state index contributed by atoms with van der Waals surface area (Å²) in [6, 6.07) is 4.04. The molecule has 0 heterocycles. The third kappa shape index (κ3) is 5.81. The van der Waals surface area contributed by atoms with Crippen molar-refractivity contribution in [3.63, 3.8) is 0 Å². The van der Waals surface area contributed by atoms with E-state index in [9.17, 15) is 9.59 Å². The van der Waals surface area contributed by atoms with Crippen LogP contribution >= 0.6 is 9.12 Å². The van der Waals surface area contributed by atoms with Gasteiger partial charge in [-0.15, -0.1) is 0 Å². The van der Waals surface area contributed by atoms with E-state index in [1.807, 2.05) is 46.8 Å². The number of Topliss-reactive ketones (excluding diaryl/α,β-unsaturated/α-hetero) is 1. The highest BCUT2D eigenvalue weighted by molar-refractivity contribution is 7.00. The normalized spacial score (nSPS) is 15.5. The number of hydrogen-bond acceptors (Lipinski definition) is 4. The van der Waals surface area contributed by atoms with E-state index in [1.54, 1.807) is 0 Å². The van der Waals surface area contributed by atoms with Gasteiger partial charge in [0, 0.05) is 5.56 Å². The predicted molar refractivity (Wildman–Crippen MR) is 108 cm³/mol. The minimum Gasteiger partial charge on any atom is -0.465 e. The first-order chi connectivity index (χ1) is 12.3. The van der Waals surface area contributed by atoms with Crippen LogP contribution in [0.15, 0.2) is 12.1 Å². The van der Waals surface area contributed by atoms with Gasteiger partial charge in [0.2, 0.25) is 0 Å². The van der Waals surface area contributed by atoms with Gasteiger partial charge < -0.3 is 9.30 Å². The van der Waals surface area contributed by atoms with E-state index in [1.165, 1.54) is 0 Å². The third-order valence-corrected chi connectivity index (χ3v) is 4.89. The summed E-state index contributed by atoms with van der Waals surface area (Å²) >= 11 is 0. The molecule has 1 saturated carbocycles. The van der Waals surface area contributed by atoms with E-state index >= 15 is 0 Å². The highest BCUT2D eigenvalue weighted by Gasteiger charge is 2.39. The van der Waals surface area contributed by atoms with Crippen LogP contribution in [0.25, 0.3) is 0 Å². The molecule has 0 spiro atoms. The number of carbonyl (C=O) groups excluding carboxylic acids is 2. The lowest BCUT2D eigenvalue weighted by atomic mass is 9.81. The van der Waals surface area contributed by atoms with Crippen LogP contribution in [0, 0.1) is 38.5 Å². The summed E-state index contributed by atoms with van der Waals surface area (Å²) in [7, 11) is 0.611. The molecule has 146 valence electrons. The molecule has 0 N–H and O–H groups in total. The SMILES string of the molecule is Cc1cc(C)c(C(=O)C(C(=O)OCC(C)C)C2CCCC2)c(C)c1.O=[PH3]. The Morgan fingerprint density at radius 1 is 1.08 bits per heavy atom. The van der Waals surface area contributed by atoms with E-state index in [0.29, 0.717) is 21.3 Å². The highest BCUT2D eigenvalue weighted by Crippen LogP contribution is 2.35. The molecule has 0 radical (unpaired) electrons. The summed E-state index contributed by atoms with van der Waals surface area (Å²) in [5, 5.41) is 0. The Hall–Kier alpha value is -1.41. The van der Waals surface area contributed by atoms with Crippen molar-refractivity contribution in [3.8, 4) is 0 Å². The molecular formula is C21H33O4P. The second-order valence-electron chi connectivity index (χ2n) is 7.68. The molecule has 1 aromatic rings. The van der Waals surface area contributed by atoms with Crippen LogP contribution in [0.2, 0.25) is 0 Å². The molecule has 2 atom stereocenters. The number of carbonyl (C=O) groups is 2. The van der Waals surface area contributed by atoms with Crippen LogP contribution in [0.5, 0.6) is 0 Å². The van der Waals surface area contributed by atoms with Gasteiger partial charge in [0.1, 0.15) is 5.92 Å². The number of ether oxygens (including phenoxy) is 1. The number of ketones is 1. The zero-order valence-corrected chi connectivity index (χ0v) is 18.2. The Labute approximate surface area is 159 Å². The van der Waals surface area contributed by atoms with Gasteiger partial charge in [0.05, 0.1) is 15.7 Å². The van der Waals surface area contributed by atoms with Gasteiger partial charge in [-0.3, -0.25) is 9.59 Å². The minimum absolute atomic E-state index is 0.0503. The zero-order chi connectivity index (χ0) is 19.9. The smallest absolute Gasteiger partial charge is 0.317 e. The molecule has 1 aliphatic rings. The number of rotatable bonds is 6. The van der Waals surface area contributed by atoms with Gasteiger partial charge in [-0.1, -0.05) is 44.4 Å². The van der Waals surface area contributed by atoms with Crippen molar-refractivity contribution >= 4 is 20.9 Å². The van der Waals surface area contributed by atoms with E-state index < -0.39 is 5.92 Å². The average Bonchev–Trinajstić information content (AvgIpc) is 3.08. The second kappa shape index (κ2) is 10.7. The van der Waals surface area contributed by atoms with Crippen LogP contribution < -0.4 is 0 Å². The lowest BCUT2D eigenvalue weighted by Gasteiger charge is -2.23. The maximum atomic E-state index is 13.3. The van der Waals surface area contributed by atoms with Crippen LogP contribution in [-0.4, -0.2) is 18.4 Å². The second-order valence-corrected chi connectivity index (χ2v) is 7.68. The van der Waals surface area contributed by atoms with E-state index in [4.69, 9.17) is 9.30 Å². The molecule has 1 fully saturated rings. The molecule has 0 bridgehead atoms. The van der Waals surface area contributed by atoms with E-state index in [0.717, 1.165) is 42.4 Å². The molecule has 2 rings (SSSR count). The lowest BCUT2D eigenvalue weighted by molar-refractivity contribution is -0.149. The molecule has 1 aliphatic carbocycles. The molecular weight excluding hydrogens is 347 g/mol. The van der Waals surface area contributed by atoms with Gasteiger partial charge in [0.25, 0.3) is 0 Å². The highest BCUT2D eigenvalue weighted by atomic mass is 31.0. The fourth-order valence-corrected chi connectivity index (χ4v) is 3.87. The molecule has 1 aromatic carbocycles. The van der Waals surface area contributed by atoms with Crippen molar-refractivity contribution in [2.45, 2.75) is 60.3 Å². The Bertz CT molecular complexity index is 610. The Kier molecular flexibility index (Phi) is 9.29. The average molecular weight is 380 g/mol. The predicted octanol–water partition coefficient (Wildman–Crippen LogP) is 4.74. The first-order valence-corrected chi connectivity index (χ1v) is 9.96. The summed E-state index contributed by atoms with van der Waals surface area (Å²) in [6.07, 6.45) is 4.07. The third-order valence-electron chi connectivity index (χ3n) is 4.89. The largest absolute Gasteiger partial charge is 0.465 e. The summed E-state index contributed by atoms with van der Waals surface area (Å²) in [4.78, 5) is 26.0. The zero-order valence-electron chi connectivity index (χ0n) is 16.8. The van der Waals surface area contributed by atoms with Crippen molar-refractivity contribution in [1.29, 1.82) is 0 Å². The number of hydrogen-bond donors (Lipinski definition) is 0. The van der Waals surface area contributed by atoms with Crippen LogP contribution in [0.1, 0.15) is 66.6 Å². The maximum absolute atomic E-state index is 13.3. The van der Waals surface area contributed by atoms with Gasteiger partial charge in [-0.25, -0.2) is 0 Å². The molecule has 5 heteroatoms. The minimum atomic E-state index is -0.647. The fourth-order valence-electron chi connectivity index (χ4n) is 3.87. The molecule has 2 unspecified atom stereocenters. The summed E-state index contributed by atoms with van der Waals surface area (Å²) in [6.45, 7) is 10.3. The van der Waals surface area contributed by atoms with Gasteiger partial charge in [-0.05, 0) is 56.6 Å². The van der Waals surface area contributed by atoms with Crippen LogP contribution in [-0.2, 0) is 14.1 Å². The van der Waals surface area contributed by atoms with Crippen molar-refractivity contribution in [3.05, 3.63) is 34.4 Å². The Morgan fingerprint density at radius 3 is 2.04 bits per heavy atom. The van der Waals surface area contributed by atoms with E-state index in [-0.39, 0.29) is 23.6 Å². The van der Waals surface area contributed by atoms with Crippen LogP contribution in [0.4, 0.5) is 0 Å². The van der Waals surface area contributed by atoms with Crippen molar-refractivity contribution in [2.75, 3.05) is 6.61 Å². The Morgan fingerprint density at radius 2 is 1.58 bits per heavy atom. The van der Waals surface area contributed by atoms with Crippen molar-refractivity contribution in [1.82, 2.24) is 0 Å².